The number of hydrogen-bond donors (Lipinski definition) is 0. The van der Waals surface area contributed by atoms with Crippen molar-refractivity contribution in [1.29, 1.82) is 0 Å². The number of benzene rings is 1. The van der Waals surface area contributed by atoms with Crippen LogP contribution in [0.25, 0.3) is 0 Å². The Morgan fingerprint density at radius 3 is 2.47 bits per heavy atom. The lowest BCUT2D eigenvalue weighted by atomic mass is 10.1. The van der Waals surface area contributed by atoms with Gasteiger partial charge in [0.25, 0.3) is 5.91 Å². The Bertz CT molecular complexity index is 446. The maximum Gasteiger partial charge on any atom is 0.406 e. The molecule has 0 spiro atoms. The summed E-state index contributed by atoms with van der Waals surface area (Å²) < 4.78 is 38.4. The molecule has 0 heterocycles. The molecule has 0 unspecified atom stereocenters. The smallest absolute Gasteiger partial charge is 0.329 e. The van der Waals surface area contributed by atoms with Gasteiger partial charge >= 0.3 is 6.18 Å². The van der Waals surface area contributed by atoms with Crippen molar-refractivity contribution in [2.24, 2.45) is 5.92 Å². The zero-order valence-corrected chi connectivity index (χ0v) is 12.8. The van der Waals surface area contributed by atoms with Crippen LogP contribution in [-0.2, 0) is 0 Å². The topological polar surface area (TPSA) is 20.3 Å². The van der Waals surface area contributed by atoms with E-state index in [9.17, 15) is 18.0 Å². The van der Waals surface area contributed by atoms with E-state index < -0.39 is 18.6 Å². The van der Waals surface area contributed by atoms with Crippen LogP contribution < -0.4 is 0 Å². The van der Waals surface area contributed by atoms with Crippen LogP contribution in [0.3, 0.4) is 0 Å². The summed E-state index contributed by atoms with van der Waals surface area (Å²) in [5.41, 5.74) is 0.289. The van der Waals surface area contributed by atoms with Gasteiger partial charge in [-0.2, -0.15) is 13.2 Å². The third kappa shape index (κ3) is 5.80. The number of alkyl halides is 3. The van der Waals surface area contributed by atoms with Crippen LogP contribution in [0.4, 0.5) is 13.2 Å². The van der Waals surface area contributed by atoms with Gasteiger partial charge in [-0.15, -0.1) is 0 Å². The molecule has 0 aromatic heterocycles. The molecule has 0 aliphatic heterocycles. The molecule has 6 heteroatoms. The lowest BCUT2D eigenvalue weighted by molar-refractivity contribution is -0.141. The molecule has 1 aromatic rings. The predicted octanol–water partition coefficient (Wildman–Crippen LogP) is 3.95. The number of halogens is 4. The highest BCUT2D eigenvalue weighted by atomic mass is 127. The maximum absolute atomic E-state index is 12.5. The Balaban J connectivity index is 2.93. The summed E-state index contributed by atoms with van der Waals surface area (Å²) in [4.78, 5) is 13.0. The number of carbonyl (C=O) groups excluding carboxylic acids is 1. The fourth-order valence-electron chi connectivity index (χ4n) is 1.68. The number of nitrogens with zero attached hydrogens (tertiary/aromatic N) is 1. The first kappa shape index (κ1) is 16.3. The van der Waals surface area contributed by atoms with E-state index >= 15 is 0 Å². The minimum absolute atomic E-state index is 0.0194. The largest absolute Gasteiger partial charge is 0.406 e. The highest BCUT2D eigenvalue weighted by molar-refractivity contribution is 14.1. The van der Waals surface area contributed by atoms with Gasteiger partial charge in [-0.05, 0) is 46.7 Å². The van der Waals surface area contributed by atoms with Crippen molar-refractivity contribution in [2.75, 3.05) is 13.1 Å². The quantitative estimate of drug-likeness (QED) is 0.719. The zero-order valence-electron chi connectivity index (χ0n) is 10.7. The van der Waals surface area contributed by atoms with E-state index in [1.165, 1.54) is 6.07 Å². The number of rotatable bonds is 4. The van der Waals surface area contributed by atoms with E-state index in [0.717, 1.165) is 8.47 Å². The lowest BCUT2D eigenvalue weighted by Crippen LogP contribution is -2.41. The summed E-state index contributed by atoms with van der Waals surface area (Å²) in [7, 11) is 0. The van der Waals surface area contributed by atoms with Gasteiger partial charge in [0.15, 0.2) is 0 Å². The van der Waals surface area contributed by atoms with Crippen molar-refractivity contribution in [3.05, 3.63) is 33.4 Å². The molecule has 1 rings (SSSR count). The minimum atomic E-state index is -4.38. The molecule has 0 saturated carbocycles. The normalized spacial score (nSPS) is 11.7. The summed E-state index contributed by atoms with van der Waals surface area (Å²) in [5, 5.41) is 0. The Morgan fingerprint density at radius 1 is 1.37 bits per heavy atom. The Morgan fingerprint density at radius 2 is 2.00 bits per heavy atom. The van der Waals surface area contributed by atoms with Gasteiger partial charge in [0.2, 0.25) is 0 Å². The van der Waals surface area contributed by atoms with Crippen LogP contribution in [0.5, 0.6) is 0 Å². The fraction of sp³-hybridized carbons (Fsp3) is 0.462. The Kier molecular flexibility index (Phi) is 5.64. The van der Waals surface area contributed by atoms with Gasteiger partial charge in [0.1, 0.15) is 6.54 Å². The van der Waals surface area contributed by atoms with Crippen LogP contribution in [-0.4, -0.2) is 30.1 Å². The maximum atomic E-state index is 12.5. The third-order valence-electron chi connectivity index (χ3n) is 2.31. The monoisotopic (exact) mass is 385 g/mol. The van der Waals surface area contributed by atoms with Gasteiger partial charge < -0.3 is 4.90 Å². The van der Waals surface area contributed by atoms with Crippen LogP contribution in [0.1, 0.15) is 24.2 Å². The molecule has 0 radical (unpaired) electrons. The molecule has 0 N–H and O–H groups in total. The van der Waals surface area contributed by atoms with E-state index in [2.05, 4.69) is 0 Å². The first-order chi connectivity index (χ1) is 8.69. The summed E-state index contributed by atoms with van der Waals surface area (Å²) in [6.07, 6.45) is -4.38. The molecule has 2 nitrogen and oxygen atoms in total. The van der Waals surface area contributed by atoms with E-state index in [4.69, 9.17) is 0 Å². The standard InChI is InChI=1S/C13H15F3INO/c1-9(2)7-18(8-13(14,15)16)12(19)10-4-3-5-11(17)6-10/h3-6,9H,7-8H2,1-2H3. The van der Waals surface area contributed by atoms with Crippen molar-refractivity contribution >= 4 is 28.5 Å². The van der Waals surface area contributed by atoms with Gasteiger partial charge in [0.05, 0.1) is 0 Å². The molecule has 1 amide bonds. The molecule has 0 bridgehead atoms. The van der Waals surface area contributed by atoms with Crippen molar-refractivity contribution < 1.29 is 18.0 Å². The fourth-order valence-corrected chi connectivity index (χ4v) is 2.22. The van der Waals surface area contributed by atoms with E-state index in [1.54, 1.807) is 32.0 Å². The minimum Gasteiger partial charge on any atom is -0.329 e. The molecule has 0 aliphatic carbocycles. The highest BCUT2D eigenvalue weighted by Gasteiger charge is 2.33. The van der Waals surface area contributed by atoms with E-state index in [0.29, 0.717) is 0 Å². The van der Waals surface area contributed by atoms with E-state index in [-0.39, 0.29) is 18.0 Å². The second-order valence-corrected chi connectivity index (χ2v) is 5.95. The SMILES string of the molecule is CC(C)CN(CC(F)(F)F)C(=O)c1cccc(I)c1. The molecule has 1 aromatic carbocycles. The first-order valence-electron chi connectivity index (χ1n) is 5.80. The summed E-state index contributed by atoms with van der Waals surface area (Å²) in [6.45, 7) is 2.44. The second-order valence-electron chi connectivity index (χ2n) is 4.71. The summed E-state index contributed by atoms with van der Waals surface area (Å²) in [6, 6.07) is 6.57. The molecule has 19 heavy (non-hydrogen) atoms. The van der Waals surface area contributed by atoms with Crippen LogP contribution in [0.15, 0.2) is 24.3 Å². The zero-order chi connectivity index (χ0) is 14.6. The Labute approximate surface area is 124 Å². The van der Waals surface area contributed by atoms with Gasteiger partial charge in [-0.1, -0.05) is 19.9 Å². The second kappa shape index (κ2) is 6.58. The average molecular weight is 385 g/mol. The van der Waals surface area contributed by atoms with Gasteiger partial charge in [0, 0.05) is 15.7 Å². The number of amides is 1. The number of carbonyl (C=O) groups is 1. The average Bonchev–Trinajstić information content (AvgIpc) is 2.24. The molecule has 0 aliphatic rings. The Hall–Kier alpha value is -0.790. The first-order valence-corrected chi connectivity index (χ1v) is 6.88. The molecular weight excluding hydrogens is 370 g/mol. The highest BCUT2D eigenvalue weighted by Crippen LogP contribution is 2.19. The van der Waals surface area contributed by atoms with Crippen LogP contribution in [0, 0.1) is 9.49 Å². The van der Waals surface area contributed by atoms with Crippen LogP contribution in [0.2, 0.25) is 0 Å². The molecule has 0 fully saturated rings. The van der Waals surface area contributed by atoms with Gasteiger partial charge in [-0.25, -0.2) is 0 Å². The van der Waals surface area contributed by atoms with Crippen molar-refractivity contribution in [2.45, 2.75) is 20.0 Å². The molecule has 106 valence electrons. The van der Waals surface area contributed by atoms with Crippen molar-refractivity contribution in [3.63, 3.8) is 0 Å². The predicted molar refractivity (Wildman–Crippen MR) is 76.0 cm³/mol. The molecule has 0 atom stereocenters. The lowest BCUT2D eigenvalue weighted by Gasteiger charge is -2.25. The van der Waals surface area contributed by atoms with Crippen molar-refractivity contribution in [1.82, 2.24) is 4.90 Å². The van der Waals surface area contributed by atoms with Crippen LogP contribution >= 0.6 is 22.6 Å². The van der Waals surface area contributed by atoms with Crippen molar-refractivity contribution in [3.8, 4) is 0 Å². The summed E-state index contributed by atoms with van der Waals surface area (Å²) >= 11 is 2.02. The van der Waals surface area contributed by atoms with Gasteiger partial charge in [-0.3, -0.25) is 4.79 Å². The molecular formula is C13H15F3INO. The third-order valence-corrected chi connectivity index (χ3v) is 2.99. The van der Waals surface area contributed by atoms with E-state index in [1.807, 2.05) is 22.6 Å². The number of hydrogen-bond acceptors (Lipinski definition) is 1. The molecule has 0 saturated heterocycles. The summed E-state index contributed by atoms with van der Waals surface area (Å²) in [5.74, 6) is -0.598.